The van der Waals surface area contributed by atoms with Gasteiger partial charge in [0.05, 0.1) is 11.4 Å². The van der Waals surface area contributed by atoms with Gasteiger partial charge in [0.15, 0.2) is 0 Å². The summed E-state index contributed by atoms with van der Waals surface area (Å²) in [5.74, 6) is -0.477. The summed E-state index contributed by atoms with van der Waals surface area (Å²) >= 11 is 1.18. The first-order valence-corrected chi connectivity index (χ1v) is 14.1. The van der Waals surface area contributed by atoms with Gasteiger partial charge in [-0.3, -0.25) is 9.52 Å². The van der Waals surface area contributed by atoms with Gasteiger partial charge in [-0.1, -0.05) is 19.1 Å². The van der Waals surface area contributed by atoms with Crippen LogP contribution in [0.15, 0.2) is 39.9 Å². The molecule has 0 radical (unpaired) electrons. The van der Waals surface area contributed by atoms with Crippen LogP contribution in [0, 0.1) is 12.8 Å². The molecule has 0 saturated carbocycles. The van der Waals surface area contributed by atoms with E-state index in [0.717, 1.165) is 0 Å². The highest BCUT2D eigenvalue weighted by molar-refractivity contribution is 7.92. The molecule has 2 heterocycles. The van der Waals surface area contributed by atoms with Gasteiger partial charge in [0.2, 0.25) is 15.9 Å². The van der Waals surface area contributed by atoms with Crippen LogP contribution in [0.5, 0.6) is 0 Å². The van der Waals surface area contributed by atoms with Crippen LogP contribution < -0.4 is 10.0 Å². The second-order valence-corrected chi connectivity index (χ2v) is 12.5. The van der Waals surface area contributed by atoms with E-state index in [0.29, 0.717) is 40.4 Å². The molecule has 170 valence electrons. The van der Waals surface area contributed by atoms with E-state index in [9.17, 15) is 21.6 Å². The molecule has 0 bridgehead atoms. The molecule has 1 fully saturated rings. The smallest absolute Gasteiger partial charge is 0.252 e. The molecular weight excluding hydrogens is 458 g/mol. The number of hydrogen-bond donors (Lipinski definition) is 2. The van der Waals surface area contributed by atoms with E-state index in [1.807, 2.05) is 0 Å². The number of amides is 1. The van der Waals surface area contributed by atoms with Crippen LogP contribution in [-0.4, -0.2) is 45.9 Å². The van der Waals surface area contributed by atoms with Gasteiger partial charge in [-0.15, -0.1) is 11.3 Å². The number of carbonyl (C=O) groups excluding carboxylic acids is 1. The number of thiophene rings is 1. The highest BCUT2D eigenvalue weighted by Crippen LogP contribution is 2.29. The Morgan fingerprint density at radius 1 is 1.10 bits per heavy atom. The zero-order chi connectivity index (χ0) is 22.6. The quantitative estimate of drug-likeness (QED) is 0.596. The van der Waals surface area contributed by atoms with E-state index in [1.165, 1.54) is 15.6 Å². The SMILES string of the molecule is CCCS(=O)(=O)Nc1cccc(NC(=O)C2CCN(S(=O)(=O)c3cccs3)CC2)c1C. The Bertz CT molecular complexity index is 1120. The van der Waals surface area contributed by atoms with Crippen molar-refractivity contribution in [2.45, 2.75) is 37.3 Å². The Kier molecular flexibility index (Phi) is 7.40. The normalized spacial score (nSPS) is 16.2. The lowest BCUT2D eigenvalue weighted by molar-refractivity contribution is -0.120. The maximum absolute atomic E-state index is 12.8. The summed E-state index contributed by atoms with van der Waals surface area (Å²) in [6.45, 7) is 4.11. The fourth-order valence-electron chi connectivity index (χ4n) is 3.50. The summed E-state index contributed by atoms with van der Waals surface area (Å²) in [6.07, 6.45) is 1.36. The number of sulfonamides is 2. The average Bonchev–Trinajstić information content (AvgIpc) is 3.26. The molecule has 8 nitrogen and oxygen atoms in total. The van der Waals surface area contributed by atoms with E-state index in [2.05, 4.69) is 10.0 Å². The standard InChI is InChI=1S/C20H27N3O5S3/c1-3-14-30(25,26)22-18-7-4-6-17(15(18)2)21-20(24)16-9-11-23(12-10-16)31(27,28)19-8-5-13-29-19/h4-8,13,16,22H,3,9-12,14H2,1-2H3,(H,21,24). The van der Waals surface area contributed by atoms with Gasteiger partial charge in [-0.25, -0.2) is 16.8 Å². The minimum atomic E-state index is -3.51. The number of hydrogen-bond acceptors (Lipinski definition) is 6. The predicted molar refractivity (Wildman–Crippen MR) is 123 cm³/mol. The van der Waals surface area contributed by atoms with Crippen molar-refractivity contribution >= 4 is 48.7 Å². The maximum Gasteiger partial charge on any atom is 0.252 e. The molecule has 0 aliphatic carbocycles. The van der Waals surface area contributed by atoms with Crippen molar-refractivity contribution in [1.82, 2.24) is 4.31 Å². The van der Waals surface area contributed by atoms with Crippen molar-refractivity contribution < 1.29 is 21.6 Å². The summed E-state index contributed by atoms with van der Waals surface area (Å²) in [7, 11) is -6.94. The number of carbonyl (C=O) groups is 1. The highest BCUT2D eigenvalue weighted by atomic mass is 32.2. The van der Waals surface area contributed by atoms with Crippen LogP contribution in [0.1, 0.15) is 31.7 Å². The lowest BCUT2D eigenvalue weighted by atomic mass is 9.97. The molecule has 0 spiro atoms. The first-order chi connectivity index (χ1) is 14.6. The molecule has 3 rings (SSSR count). The summed E-state index contributed by atoms with van der Waals surface area (Å²) in [6, 6.07) is 8.36. The summed E-state index contributed by atoms with van der Waals surface area (Å²) in [4.78, 5) is 12.8. The van der Waals surface area contributed by atoms with Gasteiger partial charge in [-0.2, -0.15) is 4.31 Å². The molecule has 1 saturated heterocycles. The fraction of sp³-hybridized carbons (Fsp3) is 0.450. The van der Waals surface area contributed by atoms with Gasteiger partial charge in [-0.05, 0) is 55.3 Å². The van der Waals surface area contributed by atoms with Crippen LogP contribution >= 0.6 is 11.3 Å². The number of rotatable bonds is 8. The van der Waals surface area contributed by atoms with Crippen molar-refractivity contribution in [3.8, 4) is 0 Å². The zero-order valence-electron chi connectivity index (χ0n) is 17.5. The van der Waals surface area contributed by atoms with Gasteiger partial charge in [0.25, 0.3) is 10.0 Å². The monoisotopic (exact) mass is 485 g/mol. The van der Waals surface area contributed by atoms with Gasteiger partial charge >= 0.3 is 0 Å². The molecule has 1 amide bonds. The van der Waals surface area contributed by atoms with Crippen molar-refractivity contribution in [2.24, 2.45) is 5.92 Å². The molecule has 1 aliphatic heterocycles. The van der Waals surface area contributed by atoms with Crippen molar-refractivity contribution in [3.63, 3.8) is 0 Å². The van der Waals surface area contributed by atoms with E-state index >= 15 is 0 Å². The van der Waals surface area contributed by atoms with Gasteiger partial charge < -0.3 is 5.32 Å². The van der Waals surface area contributed by atoms with E-state index in [-0.39, 0.29) is 30.7 Å². The first kappa shape index (κ1) is 23.7. The second kappa shape index (κ2) is 9.68. The van der Waals surface area contributed by atoms with Crippen LogP contribution in [-0.2, 0) is 24.8 Å². The Morgan fingerprint density at radius 2 is 1.77 bits per heavy atom. The molecule has 0 atom stereocenters. The third-order valence-electron chi connectivity index (χ3n) is 5.24. The number of benzene rings is 1. The molecule has 2 N–H and O–H groups in total. The van der Waals surface area contributed by atoms with E-state index in [4.69, 9.17) is 0 Å². The first-order valence-electron chi connectivity index (χ1n) is 10.1. The molecule has 1 aromatic carbocycles. The Balaban J connectivity index is 1.63. The van der Waals surface area contributed by atoms with Crippen LogP contribution in [0.2, 0.25) is 0 Å². The molecule has 11 heteroatoms. The van der Waals surface area contributed by atoms with Crippen LogP contribution in [0.25, 0.3) is 0 Å². The second-order valence-electron chi connectivity index (χ2n) is 7.50. The lowest BCUT2D eigenvalue weighted by Gasteiger charge is -2.30. The predicted octanol–water partition coefficient (Wildman–Crippen LogP) is 3.25. The Hall–Kier alpha value is -1.95. The van der Waals surface area contributed by atoms with Crippen molar-refractivity contribution in [1.29, 1.82) is 0 Å². The van der Waals surface area contributed by atoms with Gasteiger partial charge in [0, 0.05) is 24.7 Å². The third-order valence-corrected chi connectivity index (χ3v) is 9.99. The molecule has 1 aliphatic rings. The van der Waals surface area contributed by atoms with Gasteiger partial charge in [0.1, 0.15) is 4.21 Å². The minimum absolute atomic E-state index is 0.0238. The maximum atomic E-state index is 12.8. The van der Waals surface area contributed by atoms with Crippen molar-refractivity contribution in [3.05, 3.63) is 41.3 Å². The molecule has 0 unspecified atom stereocenters. The average molecular weight is 486 g/mol. The van der Waals surface area contributed by atoms with E-state index < -0.39 is 20.0 Å². The largest absolute Gasteiger partial charge is 0.326 e. The van der Waals surface area contributed by atoms with E-state index in [1.54, 1.807) is 49.6 Å². The summed E-state index contributed by atoms with van der Waals surface area (Å²) in [5.41, 5.74) is 1.60. The lowest BCUT2D eigenvalue weighted by Crippen LogP contribution is -2.41. The highest BCUT2D eigenvalue weighted by Gasteiger charge is 2.32. The topological polar surface area (TPSA) is 113 Å². The number of anilines is 2. The Labute approximate surface area is 187 Å². The van der Waals surface area contributed by atoms with Crippen LogP contribution in [0.4, 0.5) is 11.4 Å². The number of nitrogens with zero attached hydrogens (tertiary/aromatic N) is 1. The van der Waals surface area contributed by atoms with Crippen LogP contribution in [0.3, 0.4) is 0 Å². The molecule has 31 heavy (non-hydrogen) atoms. The Morgan fingerprint density at radius 3 is 2.39 bits per heavy atom. The summed E-state index contributed by atoms with van der Waals surface area (Å²) in [5, 5.41) is 4.61. The summed E-state index contributed by atoms with van der Waals surface area (Å²) < 4.78 is 53.7. The number of piperidine rings is 1. The zero-order valence-corrected chi connectivity index (χ0v) is 19.9. The third kappa shape index (κ3) is 5.65. The minimum Gasteiger partial charge on any atom is -0.326 e. The van der Waals surface area contributed by atoms with Crippen molar-refractivity contribution in [2.75, 3.05) is 28.9 Å². The molecular formula is C20H27N3O5S3. The molecule has 1 aromatic heterocycles. The fourth-order valence-corrected chi connectivity index (χ4v) is 7.31. The number of nitrogens with one attached hydrogen (secondary N) is 2. The molecule has 2 aromatic rings.